The third-order valence-electron chi connectivity index (χ3n) is 6.83. The molecule has 0 saturated heterocycles. The zero-order chi connectivity index (χ0) is 26.2. The number of aromatic nitrogens is 7. The van der Waals surface area contributed by atoms with E-state index in [9.17, 15) is 4.79 Å². The van der Waals surface area contributed by atoms with Gasteiger partial charge in [-0.2, -0.15) is 4.68 Å². The van der Waals surface area contributed by atoms with E-state index in [-0.39, 0.29) is 5.69 Å². The molecule has 38 heavy (non-hydrogen) atoms. The standard InChI is InChI=1S/C30H33N7O/c1-2-3-4-5-6-10-17-28-33-37(25-13-8-7-9-14-25)30(38)36(28)22-23-18-20-24(21-19-23)26-15-11-12-16-27(26)29-31-34-35-32-29/h7-9,11-16,18-21H,2-6,10,17,22H2,1H3,(H,31,32,34,35). The number of benzene rings is 3. The van der Waals surface area contributed by atoms with Crippen LogP contribution in [0.25, 0.3) is 28.2 Å². The summed E-state index contributed by atoms with van der Waals surface area (Å²) in [5, 5.41) is 19.1. The van der Waals surface area contributed by atoms with Gasteiger partial charge in [0.1, 0.15) is 5.82 Å². The Morgan fingerprint density at radius 3 is 2.24 bits per heavy atom. The molecule has 5 aromatic rings. The average Bonchev–Trinajstić information content (AvgIpc) is 3.61. The van der Waals surface area contributed by atoms with Gasteiger partial charge in [0.2, 0.25) is 0 Å². The largest absolute Gasteiger partial charge is 0.351 e. The molecule has 2 heterocycles. The zero-order valence-electron chi connectivity index (χ0n) is 21.8. The Hall–Kier alpha value is -4.33. The van der Waals surface area contributed by atoms with Gasteiger partial charge in [0.15, 0.2) is 5.82 Å². The van der Waals surface area contributed by atoms with E-state index in [1.807, 2.05) is 53.1 Å². The summed E-state index contributed by atoms with van der Waals surface area (Å²) in [5.41, 5.74) is 4.76. The Balaban J connectivity index is 1.39. The minimum atomic E-state index is -0.107. The van der Waals surface area contributed by atoms with Gasteiger partial charge in [-0.1, -0.05) is 106 Å². The van der Waals surface area contributed by atoms with Crippen LogP contribution in [0.4, 0.5) is 0 Å². The van der Waals surface area contributed by atoms with E-state index in [0.29, 0.717) is 12.4 Å². The lowest BCUT2D eigenvalue weighted by Gasteiger charge is -2.09. The van der Waals surface area contributed by atoms with Crippen molar-refractivity contribution in [3.63, 3.8) is 0 Å². The van der Waals surface area contributed by atoms with Gasteiger partial charge in [0.25, 0.3) is 0 Å². The summed E-state index contributed by atoms with van der Waals surface area (Å²) in [6, 6.07) is 26.0. The predicted octanol–water partition coefficient (Wildman–Crippen LogP) is 5.83. The molecule has 0 amide bonds. The molecule has 1 N–H and O–H groups in total. The Kier molecular flexibility index (Phi) is 8.18. The molecule has 8 nitrogen and oxygen atoms in total. The van der Waals surface area contributed by atoms with E-state index in [1.165, 1.54) is 30.4 Å². The number of hydrogen-bond donors (Lipinski definition) is 1. The fraction of sp³-hybridized carbons (Fsp3) is 0.300. The van der Waals surface area contributed by atoms with Crippen LogP contribution in [-0.4, -0.2) is 35.0 Å². The second-order valence-corrected chi connectivity index (χ2v) is 9.54. The number of hydrogen-bond acceptors (Lipinski definition) is 5. The second-order valence-electron chi connectivity index (χ2n) is 9.54. The second kappa shape index (κ2) is 12.3. The smallest absolute Gasteiger partial charge is 0.274 e. The molecule has 5 rings (SSSR count). The van der Waals surface area contributed by atoms with Crippen LogP contribution in [-0.2, 0) is 13.0 Å². The van der Waals surface area contributed by atoms with E-state index < -0.39 is 0 Å². The first-order chi connectivity index (χ1) is 18.7. The molecule has 0 radical (unpaired) electrons. The molecule has 0 bridgehead atoms. The third kappa shape index (κ3) is 5.80. The maximum Gasteiger partial charge on any atom is 0.351 e. The fourth-order valence-corrected chi connectivity index (χ4v) is 4.77. The van der Waals surface area contributed by atoms with Crippen LogP contribution >= 0.6 is 0 Å². The number of aryl methyl sites for hydroxylation is 1. The van der Waals surface area contributed by atoms with Gasteiger partial charge >= 0.3 is 5.69 Å². The first-order valence-corrected chi connectivity index (χ1v) is 13.4. The molecule has 0 aliphatic rings. The molecule has 0 unspecified atom stereocenters. The topological polar surface area (TPSA) is 94.3 Å². The lowest BCUT2D eigenvalue weighted by Crippen LogP contribution is -2.25. The van der Waals surface area contributed by atoms with Crippen LogP contribution in [0.15, 0.2) is 83.7 Å². The van der Waals surface area contributed by atoms with E-state index in [2.05, 4.69) is 57.9 Å². The van der Waals surface area contributed by atoms with Crippen LogP contribution < -0.4 is 5.69 Å². The normalized spacial score (nSPS) is 11.2. The molecular weight excluding hydrogens is 474 g/mol. The molecule has 8 heteroatoms. The number of H-pyrrole nitrogens is 1. The number of rotatable bonds is 12. The summed E-state index contributed by atoms with van der Waals surface area (Å²) in [5.74, 6) is 1.46. The highest BCUT2D eigenvalue weighted by Crippen LogP contribution is 2.29. The summed E-state index contributed by atoms with van der Waals surface area (Å²) in [4.78, 5) is 13.5. The minimum Gasteiger partial charge on any atom is -0.274 e. The van der Waals surface area contributed by atoms with Crippen molar-refractivity contribution in [3.8, 4) is 28.2 Å². The minimum absolute atomic E-state index is 0.107. The van der Waals surface area contributed by atoms with Crippen molar-refractivity contribution in [2.45, 2.75) is 58.4 Å². The quantitative estimate of drug-likeness (QED) is 0.214. The summed E-state index contributed by atoms with van der Waals surface area (Å²) < 4.78 is 3.35. The van der Waals surface area contributed by atoms with Crippen LogP contribution in [0.5, 0.6) is 0 Å². The summed E-state index contributed by atoms with van der Waals surface area (Å²) in [6.07, 6.45) is 7.99. The van der Waals surface area contributed by atoms with Crippen LogP contribution in [0.3, 0.4) is 0 Å². The van der Waals surface area contributed by atoms with Crippen LogP contribution in [0.2, 0.25) is 0 Å². The number of para-hydroxylation sites is 1. The molecular formula is C30H33N7O. The fourth-order valence-electron chi connectivity index (χ4n) is 4.77. The molecule has 0 spiro atoms. The van der Waals surface area contributed by atoms with Crippen molar-refractivity contribution in [2.75, 3.05) is 0 Å². The molecule has 3 aromatic carbocycles. The van der Waals surface area contributed by atoms with Gasteiger partial charge in [0, 0.05) is 12.0 Å². The monoisotopic (exact) mass is 507 g/mol. The average molecular weight is 508 g/mol. The van der Waals surface area contributed by atoms with E-state index in [1.54, 1.807) is 0 Å². The van der Waals surface area contributed by atoms with Crippen LogP contribution in [0, 0.1) is 0 Å². The molecule has 0 atom stereocenters. The van der Waals surface area contributed by atoms with Gasteiger partial charge < -0.3 is 0 Å². The maximum absolute atomic E-state index is 13.5. The summed E-state index contributed by atoms with van der Waals surface area (Å²) in [7, 11) is 0. The van der Waals surface area contributed by atoms with E-state index >= 15 is 0 Å². The Labute approximate surface area is 222 Å². The van der Waals surface area contributed by atoms with E-state index in [0.717, 1.165) is 53.0 Å². The summed E-state index contributed by atoms with van der Waals surface area (Å²) >= 11 is 0. The summed E-state index contributed by atoms with van der Waals surface area (Å²) in [6.45, 7) is 2.71. The number of nitrogens with zero attached hydrogens (tertiary/aromatic N) is 6. The van der Waals surface area contributed by atoms with Gasteiger partial charge in [-0.15, -0.1) is 10.2 Å². The van der Waals surface area contributed by atoms with Crippen molar-refractivity contribution in [1.29, 1.82) is 0 Å². The number of nitrogens with one attached hydrogen (secondary N) is 1. The van der Waals surface area contributed by atoms with Gasteiger partial charge in [0.05, 0.1) is 12.2 Å². The lowest BCUT2D eigenvalue weighted by atomic mass is 9.98. The third-order valence-corrected chi connectivity index (χ3v) is 6.83. The zero-order valence-corrected chi connectivity index (χ0v) is 21.8. The molecule has 0 saturated carbocycles. The van der Waals surface area contributed by atoms with Gasteiger partial charge in [-0.3, -0.25) is 4.57 Å². The Morgan fingerprint density at radius 2 is 1.50 bits per heavy atom. The Morgan fingerprint density at radius 1 is 0.789 bits per heavy atom. The first-order valence-electron chi connectivity index (χ1n) is 13.4. The van der Waals surface area contributed by atoms with Crippen molar-refractivity contribution in [3.05, 3.63) is 101 Å². The number of aromatic amines is 1. The highest BCUT2D eigenvalue weighted by Gasteiger charge is 2.15. The van der Waals surface area contributed by atoms with Crippen molar-refractivity contribution in [1.82, 2.24) is 35.0 Å². The molecule has 0 aliphatic carbocycles. The maximum atomic E-state index is 13.5. The Bertz CT molecular complexity index is 1490. The lowest BCUT2D eigenvalue weighted by molar-refractivity contribution is 0.588. The molecule has 0 aliphatic heterocycles. The van der Waals surface area contributed by atoms with Crippen molar-refractivity contribution in [2.24, 2.45) is 0 Å². The molecule has 194 valence electrons. The van der Waals surface area contributed by atoms with E-state index in [4.69, 9.17) is 5.10 Å². The molecule has 2 aromatic heterocycles. The SMILES string of the molecule is CCCCCCCCc1nn(-c2ccccc2)c(=O)n1Cc1ccc(-c2ccccc2-c2nnn[nH]2)cc1. The van der Waals surface area contributed by atoms with Crippen molar-refractivity contribution < 1.29 is 0 Å². The number of unbranched alkanes of at least 4 members (excludes halogenated alkanes) is 5. The van der Waals surface area contributed by atoms with Gasteiger partial charge in [-0.25, -0.2) is 9.89 Å². The van der Waals surface area contributed by atoms with Crippen LogP contribution in [0.1, 0.15) is 56.8 Å². The highest BCUT2D eigenvalue weighted by molar-refractivity contribution is 5.80. The highest BCUT2D eigenvalue weighted by atomic mass is 16.2. The predicted molar refractivity (Wildman–Crippen MR) is 149 cm³/mol. The molecule has 0 fully saturated rings. The van der Waals surface area contributed by atoms with Crippen molar-refractivity contribution >= 4 is 0 Å². The van der Waals surface area contributed by atoms with Gasteiger partial charge in [-0.05, 0) is 45.7 Å². The first kappa shape index (κ1) is 25.3. The number of tetrazole rings is 1.